The van der Waals surface area contributed by atoms with E-state index in [0.29, 0.717) is 11.4 Å². The van der Waals surface area contributed by atoms with Crippen molar-refractivity contribution in [1.82, 2.24) is 15.0 Å². The summed E-state index contributed by atoms with van der Waals surface area (Å²) in [6.07, 6.45) is 2.32. The number of thiocarbonyl (C=S) groups is 1. The molecule has 0 aliphatic heterocycles. The Hall–Kier alpha value is -1.75. The molecule has 0 aliphatic carbocycles. The van der Waals surface area contributed by atoms with Crippen molar-refractivity contribution in [3.05, 3.63) is 42.2 Å². The Morgan fingerprint density at radius 3 is 2.73 bits per heavy atom. The molecule has 0 atom stereocenters. The average molecular weight is 218 g/mol. The number of nitrogens with zero attached hydrogens (tertiary/aromatic N) is 3. The van der Waals surface area contributed by atoms with Crippen LogP contribution in [-0.2, 0) is 6.42 Å². The summed E-state index contributed by atoms with van der Waals surface area (Å²) in [5, 5.41) is 7.97. The molecule has 0 bridgehead atoms. The van der Waals surface area contributed by atoms with E-state index in [2.05, 4.69) is 10.3 Å². The van der Waals surface area contributed by atoms with Crippen LogP contribution in [0.2, 0.25) is 0 Å². The first-order valence-corrected chi connectivity index (χ1v) is 4.91. The van der Waals surface area contributed by atoms with Crippen molar-refractivity contribution in [3.63, 3.8) is 0 Å². The fourth-order valence-corrected chi connectivity index (χ4v) is 1.41. The van der Waals surface area contributed by atoms with Gasteiger partial charge in [0.1, 0.15) is 0 Å². The first kappa shape index (κ1) is 9.79. The molecule has 0 saturated heterocycles. The van der Waals surface area contributed by atoms with Gasteiger partial charge in [0, 0.05) is 6.42 Å². The number of para-hydroxylation sites is 1. The minimum Gasteiger partial charge on any atom is -0.393 e. The molecule has 0 radical (unpaired) electrons. The highest BCUT2D eigenvalue weighted by atomic mass is 32.1. The van der Waals surface area contributed by atoms with Crippen molar-refractivity contribution in [2.24, 2.45) is 5.73 Å². The van der Waals surface area contributed by atoms with E-state index in [4.69, 9.17) is 18.0 Å². The van der Waals surface area contributed by atoms with Gasteiger partial charge in [-0.1, -0.05) is 35.6 Å². The molecule has 2 N–H and O–H groups in total. The summed E-state index contributed by atoms with van der Waals surface area (Å²) >= 11 is 4.80. The summed E-state index contributed by atoms with van der Waals surface area (Å²) in [7, 11) is 0. The van der Waals surface area contributed by atoms with E-state index in [0.717, 1.165) is 11.4 Å². The number of benzene rings is 1. The predicted octanol–water partition coefficient (Wildman–Crippen LogP) is 1.10. The topological polar surface area (TPSA) is 56.7 Å². The van der Waals surface area contributed by atoms with Gasteiger partial charge in [-0.2, -0.15) is 0 Å². The zero-order chi connectivity index (χ0) is 10.7. The molecule has 15 heavy (non-hydrogen) atoms. The fourth-order valence-electron chi connectivity index (χ4n) is 1.26. The fraction of sp³-hybridized carbons (Fsp3) is 0.100. The van der Waals surface area contributed by atoms with E-state index in [-0.39, 0.29) is 0 Å². The number of nitrogens with two attached hydrogens (primary N) is 1. The standard InChI is InChI=1S/C10H10N4S/c11-10(15)6-8-7-14(13-12-8)9-4-2-1-3-5-9/h1-5,7H,6H2,(H2,11,15). The van der Waals surface area contributed by atoms with Gasteiger partial charge in [0.15, 0.2) is 0 Å². The predicted molar refractivity (Wildman–Crippen MR) is 61.8 cm³/mol. The number of rotatable bonds is 3. The first-order valence-electron chi connectivity index (χ1n) is 4.50. The van der Waals surface area contributed by atoms with E-state index in [1.54, 1.807) is 4.68 Å². The third-order valence-corrected chi connectivity index (χ3v) is 2.06. The summed E-state index contributed by atoms with van der Waals surface area (Å²) in [5.74, 6) is 0. The van der Waals surface area contributed by atoms with Crippen LogP contribution >= 0.6 is 12.2 Å². The third kappa shape index (κ3) is 2.38. The number of aromatic nitrogens is 3. The van der Waals surface area contributed by atoms with Crippen LogP contribution in [0.3, 0.4) is 0 Å². The summed E-state index contributed by atoms with van der Waals surface area (Å²) in [4.78, 5) is 0.426. The minimum atomic E-state index is 0.426. The molecule has 2 aromatic rings. The summed E-state index contributed by atoms with van der Waals surface area (Å²) in [6, 6.07) is 9.77. The number of hydrogen-bond acceptors (Lipinski definition) is 3. The van der Waals surface area contributed by atoms with Crippen molar-refractivity contribution in [2.45, 2.75) is 6.42 Å². The minimum absolute atomic E-state index is 0.426. The van der Waals surface area contributed by atoms with Gasteiger partial charge >= 0.3 is 0 Å². The zero-order valence-electron chi connectivity index (χ0n) is 8.00. The molecular weight excluding hydrogens is 208 g/mol. The van der Waals surface area contributed by atoms with E-state index in [1.807, 2.05) is 36.5 Å². The Kier molecular flexibility index (Phi) is 2.73. The molecule has 5 heteroatoms. The molecule has 0 spiro atoms. The smallest absolute Gasteiger partial charge is 0.0899 e. The molecule has 1 aromatic heterocycles. The van der Waals surface area contributed by atoms with Gasteiger partial charge in [-0.3, -0.25) is 0 Å². The van der Waals surface area contributed by atoms with Crippen LogP contribution in [0.25, 0.3) is 5.69 Å². The average Bonchev–Trinajstić information content (AvgIpc) is 2.67. The molecule has 2 rings (SSSR count). The van der Waals surface area contributed by atoms with Crippen molar-refractivity contribution in [1.29, 1.82) is 0 Å². The Morgan fingerprint density at radius 2 is 2.07 bits per heavy atom. The molecule has 76 valence electrons. The maximum atomic E-state index is 5.43. The van der Waals surface area contributed by atoms with E-state index in [1.165, 1.54) is 0 Å². The van der Waals surface area contributed by atoms with Crippen LogP contribution in [0.15, 0.2) is 36.5 Å². The second-order valence-electron chi connectivity index (χ2n) is 3.13. The Labute approximate surface area is 92.7 Å². The quantitative estimate of drug-likeness (QED) is 0.784. The Morgan fingerprint density at radius 1 is 1.33 bits per heavy atom. The zero-order valence-corrected chi connectivity index (χ0v) is 8.81. The molecule has 0 saturated carbocycles. The lowest BCUT2D eigenvalue weighted by Gasteiger charge is -1.97. The monoisotopic (exact) mass is 218 g/mol. The van der Waals surface area contributed by atoms with E-state index < -0.39 is 0 Å². The van der Waals surface area contributed by atoms with Crippen molar-refractivity contribution in [3.8, 4) is 5.69 Å². The Balaban J connectivity index is 2.24. The van der Waals surface area contributed by atoms with Crippen molar-refractivity contribution >= 4 is 17.2 Å². The van der Waals surface area contributed by atoms with E-state index in [9.17, 15) is 0 Å². The van der Waals surface area contributed by atoms with Crippen LogP contribution in [0, 0.1) is 0 Å². The van der Waals surface area contributed by atoms with Crippen LogP contribution in [-0.4, -0.2) is 20.0 Å². The lowest BCUT2D eigenvalue weighted by molar-refractivity contribution is 0.800. The molecule has 0 fully saturated rings. The highest BCUT2D eigenvalue weighted by molar-refractivity contribution is 7.80. The SMILES string of the molecule is NC(=S)Cc1cn(-c2ccccc2)nn1. The molecule has 0 amide bonds. The van der Waals surface area contributed by atoms with Gasteiger partial charge in [-0.15, -0.1) is 5.10 Å². The lowest BCUT2D eigenvalue weighted by Crippen LogP contribution is -2.11. The second kappa shape index (κ2) is 4.18. The highest BCUT2D eigenvalue weighted by Gasteiger charge is 2.02. The van der Waals surface area contributed by atoms with Crippen LogP contribution in [0.4, 0.5) is 0 Å². The molecular formula is C10H10N4S. The first-order chi connectivity index (χ1) is 7.25. The van der Waals surface area contributed by atoms with Gasteiger partial charge in [-0.05, 0) is 12.1 Å². The number of hydrogen-bond donors (Lipinski definition) is 1. The second-order valence-corrected chi connectivity index (χ2v) is 3.66. The van der Waals surface area contributed by atoms with E-state index >= 15 is 0 Å². The summed E-state index contributed by atoms with van der Waals surface area (Å²) < 4.78 is 1.70. The molecule has 0 aliphatic rings. The maximum Gasteiger partial charge on any atom is 0.0899 e. The van der Waals surface area contributed by atoms with Gasteiger partial charge in [0.25, 0.3) is 0 Å². The van der Waals surface area contributed by atoms with Gasteiger partial charge in [0.05, 0.1) is 22.6 Å². The molecule has 1 aromatic carbocycles. The maximum absolute atomic E-state index is 5.43. The van der Waals surface area contributed by atoms with Crippen LogP contribution in [0.5, 0.6) is 0 Å². The summed E-state index contributed by atoms with van der Waals surface area (Å²) in [6.45, 7) is 0. The molecule has 4 nitrogen and oxygen atoms in total. The van der Waals surface area contributed by atoms with Gasteiger partial charge < -0.3 is 5.73 Å². The lowest BCUT2D eigenvalue weighted by atomic mass is 10.3. The molecule has 0 unspecified atom stereocenters. The van der Waals surface area contributed by atoms with Gasteiger partial charge in [-0.25, -0.2) is 4.68 Å². The highest BCUT2D eigenvalue weighted by Crippen LogP contribution is 2.05. The van der Waals surface area contributed by atoms with Crippen LogP contribution < -0.4 is 5.73 Å². The van der Waals surface area contributed by atoms with Gasteiger partial charge in [0.2, 0.25) is 0 Å². The largest absolute Gasteiger partial charge is 0.393 e. The summed E-state index contributed by atoms with van der Waals surface area (Å²) in [5.41, 5.74) is 7.18. The van der Waals surface area contributed by atoms with Crippen molar-refractivity contribution in [2.75, 3.05) is 0 Å². The Bertz CT molecular complexity index is 463. The van der Waals surface area contributed by atoms with Crippen LogP contribution in [0.1, 0.15) is 5.69 Å². The normalized spacial score (nSPS) is 10.1. The molecule has 1 heterocycles. The van der Waals surface area contributed by atoms with Crippen molar-refractivity contribution < 1.29 is 0 Å². The third-order valence-electron chi connectivity index (χ3n) is 1.92.